The Balaban J connectivity index is 1.79. The monoisotopic (exact) mass is 267 g/mol. The summed E-state index contributed by atoms with van der Waals surface area (Å²) in [5.74, 6) is 0.265. The van der Waals surface area contributed by atoms with E-state index < -0.39 is 0 Å². The summed E-state index contributed by atoms with van der Waals surface area (Å²) in [5.41, 5.74) is 0. The van der Waals surface area contributed by atoms with Crippen molar-refractivity contribution < 1.29 is 19.0 Å². The first-order chi connectivity index (χ1) is 9.19. The van der Waals surface area contributed by atoms with Crippen molar-refractivity contribution in [2.75, 3.05) is 26.3 Å². The Labute approximate surface area is 111 Å². The molecule has 1 heterocycles. The molecule has 0 radical (unpaired) electrons. The van der Waals surface area contributed by atoms with E-state index in [1.54, 1.807) is 17.0 Å². The summed E-state index contributed by atoms with van der Waals surface area (Å²) in [6.07, 6.45) is 1.65. The van der Waals surface area contributed by atoms with E-state index in [0.717, 1.165) is 12.8 Å². The third kappa shape index (κ3) is 3.92. The van der Waals surface area contributed by atoms with Crippen LogP contribution in [0.15, 0.2) is 24.3 Å². The molecule has 0 spiro atoms. The van der Waals surface area contributed by atoms with Crippen molar-refractivity contribution in [3.63, 3.8) is 0 Å². The van der Waals surface area contributed by atoms with E-state index in [2.05, 4.69) is 0 Å². The zero-order valence-corrected chi connectivity index (χ0v) is 10.7. The molecule has 1 aliphatic rings. The zero-order chi connectivity index (χ0) is 13.7. The van der Waals surface area contributed by atoms with Gasteiger partial charge in [-0.25, -0.2) is 4.39 Å². The summed E-state index contributed by atoms with van der Waals surface area (Å²) in [7, 11) is 0. The number of carbonyl (C=O) groups is 1. The molecule has 1 aromatic rings. The van der Waals surface area contributed by atoms with Crippen LogP contribution in [-0.2, 0) is 4.79 Å². The van der Waals surface area contributed by atoms with Gasteiger partial charge >= 0.3 is 0 Å². The minimum Gasteiger partial charge on any atom is -0.484 e. The molecule has 104 valence electrons. The topological polar surface area (TPSA) is 49.8 Å². The molecule has 4 nitrogen and oxygen atoms in total. The van der Waals surface area contributed by atoms with Gasteiger partial charge in [-0.2, -0.15) is 0 Å². The molecule has 0 saturated carbocycles. The van der Waals surface area contributed by atoms with Crippen LogP contribution in [0.2, 0.25) is 0 Å². The van der Waals surface area contributed by atoms with Gasteiger partial charge in [-0.3, -0.25) is 4.79 Å². The third-order valence-corrected chi connectivity index (χ3v) is 3.33. The number of nitrogens with zero attached hydrogens (tertiary/aromatic N) is 1. The highest BCUT2D eigenvalue weighted by Crippen LogP contribution is 2.19. The number of hydrogen-bond acceptors (Lipinski definition) is 3. The number of rotatable bonds is 5. The minimum atomic E-state index is -0.380. The molecule has 1 N–H and O–H groups in total. The number of carbonyl (C=O) groups excluding carboxylic acids is 1. The van der Waals surface area contributed by atoms with E-state index in [-0.39, 0.29) is 24.9 Å². The quantitative estimate of drug-likeness (QED) is 0.878. The van der Waals surface area contributed by atoms with Crippen molar-refractivity contribution >= 4 is 5.91 Å². The highest BCUT2D eigenvalue weighted by molar-refractivity contribution is 5.78. The molecule has 0 aromatic heterocycles. The molecule has 1 aliphatic heterocycles. The second-order valence-corrected chi connectivity index (χ2v) is 4.75. The van der Waals surface area contributed by atoms with E-state index in [1.807, 2.05) is 0 Å². The second-order valence-electron chi connectivity index (χ2n) is 4.75. The number of likely N-dealkylation sites (tertiary alicyclic amines) is 1. The summed E-state index contributed by atoms with van der Waals surface area (Å²) in [4.78, 5) is 13.6. The molecular weight excluding hydrogens is 249 g/mol. The smallest absolute Gasteiger partial charge is 0.260 e. The largest absolute Gasteiger partial charge is 0.484 e. The SMILES string of the molecule is O=C(COc1cccc(F)c1)N1CCC(CCO)C1. The molecule has 5 heteroatoms. The first-order valence-electron chi connectivity index (χ1n) is 6.46. The molecule has 0 bridgehead atoms. The maximum atomic E-state index is 12.9. The van der Waals surface area contributed by atoms with Gasteiger partial charge in [-0.05, 0) is 30.9 Å². The molecule has 1 aromatic carbocycles. The fourth-order valence-electron chi connectivity index (χ4n) is 2.27. The molecule has 0 aliphatic carbocycles. The summed E-state index contributed by atoms with van der Waals surface area (Å²) in [6, 6.07) is 5.75. The van der Waals surface area contributed by atoms with Crippen molar-refractivity contribution in [2.45, 2.75) is 12.8 Å². The third-order valence-electron chi connectivity index (χ3n) is 3.33. The Bertz CT molecular complexity index is 438. The number of hydrogen-bond donors (Lipinski definition) is 1. The highest BCUT2D eigenvalue weighted by atomic mass is 19.1. The highest BCUT2D eigenvalue weighted by Gasteiger charge is 2.25. The van der Waals surface area contributed by atoms with Gasteiger partial charge < -0.3 is 14.7 Å². The van der Waals surface area contributed by atoms with Gasteiger partial charge in [0.05, 0.1) is 0 Å². The van der Waals surface area contributed by atoms with E-state index in [9.17, 15) is 9.18 Å². The first-order valence-corrected chi connectivity index (χ1v) is 6.46. The molecule has 1 saturated heterocycles. The van der Waals surface area contributed by atoms with Crippen molar-refractivity contribution in [1.29, 1.82) is 0 Å². The summed E-state index contributed by atoms with van der Waals surface area (Å²) >= 11 is 0. The molecule has 2 rings (SSSR count). The van der Waals surface area contributed by atoms with Gasteiger partial charge in [-0.15, -0.1) is 0 Å². The summed E-state index contributed by atoms with van der Waals surface area (Å²) in [5, 5.41) is 8.87. The van der Waals surface area contributed by atoms with Gasteiger partial charge in [0, 0.05) is 25.8 Å². The van der Waals surface area contributed by atoms with E-state index in [4.69, 9.17) is 9.84 Å². The standard InChI is InChI=1S/C14H18FNO3/c15-12-2-1-3-13(8-12)19-10-14(18)16-6-4-11(9-16)5-7-17/h1-3,8,11,17H,4-7,9-10H2. The molecular formula is C14H18FNO3. The maximum Gasteiger partial charge on any atom is 0.260 e. The average Bonchev–Trinajstić information content (AvgIpc) is 2.85. The summed E-state index contributed by atoms with van der Waals surface area (Å²) < 4.78 is 18.2. The number of halogens is 1. The lowest BCUT2D eigenvalue weighted by molar-refractivity contribution is -0.132. The van der Waals surface area contributed by atoms with Gasteiger partial charge in [-0.1, -0.05) is 6.07 Å². The van der Waals surface area contributed by atoms with Crippen LogP contribution in [0.5, 0.6) is 5.75 Å². The van der Waals surface area contributed by atoms with E-state index in [0.29, 0.717) is 24.8 Å². The summed E-state index contributed by atoms with van der Waals surface area (Å²) in [6.45, 7) is 1.46. The number of amides is 1. The Morgan fingerprint density at radius 3 is 3.11 bits per heavy atom. The van der Waals surface area contributed by atoms with Crippen LogP contribution in [-0.4, -0.2) is 42.2 Å². The molecule has 19 heavy (non-hydrogen) atoms. The number of aliphatic hydroxyl groups is 1. The van der Waals surface area contributed by atoms with E-state index in [1.165, 1.54) is 12.1 Å². The van der Waals surface area contributed by atoms with Crippen LogP contribution >= 0.6 is 0 Å². The van der Waals surface area contributed by atoms with Crippen LogP contribution in [0.1, 0.15) is 12.8 Å². The van der Waals surface area contributed by atoms with Crippen LogP contribution in [0.3, 0.4) is 0 Å². The van der Waals surface area contributed by atoms with Gasteiger partial charge in [0.1, 0.15) is 11.6 Å². The molecule has 1 amide bonds. The Morgan fingerprint density at radius 2 is 2.37 bits per heavy atom. The Kier molecular flexibility index (Phi) is 4.74. The lowest BCUT2D eigenvalue weighted by Crippen LogP contribution is -2.33. The fourth-order valence-corrected chi connectivity index (χ4v) is 2.27. The Morgan fingerprint density at radius 1 is 1.53 bits per heavy atom. The van der Waals surface area contributed by atoms with Gasteiger partial charge in [0.25, 0.3) is 5.91 Å². The van der Waals surface area contributed by atoms with Gasteiger partial charge in [0.15, 0.2) is 6.61 Å². The predicted molar refractivity (Wildman–Crippen MR) is 68.3 cm³/mol. The second kappa shape index (κ2) is 6.52. The number of benzene rings is 1. The number of ether oxygens (including phenoxy) is 1. The lowest BCUT2D eigenvalue weighted by atomic mass is 10.1. The Hall–Kier alpha value is -1.62. The van der Waals surface area contributed by atoms with Crippen molar-refractivity contribution in [3.05, 3.63) is 30.1 Å². The van der Waals surface area contributed by atoms with Crippen molar-refractivity contribution in [2.24, 2.45) is 5.92 Å². The maximum absolute atomic E-state index is 12.9. The molecule has 1 atom stereocenters. The zero-order valence-electron chi connectivity index (χ0n) is 10.7. The van der Waals surface area contributed by atoms with Crippen molar-refractivity contribution in [1.82, 2.24) is 4.90 Å². The van der Waals surface area contributed by atoms with Crippen LogP contribution < -0.4 is 4.74 Å². The van der Waals surface area contributed by atoms with Crippen LogP contribution in [0.25, 0.3) is 0 Å². The number of aliphatic hydroxyl groups excluding tert-OH is 1. The molecule has 1 fully saturated rings. The predicted octanol–water partition coefficient (Wildman–Crippen LogP) is 1.44. The average molecular weight is 267 g/mol. The van der Waals surface area contributed by atoms with Crippen molar-refractivity contribution in [3.8, 4) is 5.75 Å². The lowest BCUT2D eigenvalue weighted by Gasteiger charge is -2.16. The van der Waals surface area contributed by atoms with E-state index >= 15 is 0 Å². The minimum absolute atomic E-state index is 0.0741. The fraction of sp³-hybridized carbons (Fsp3) is 0.500. The van der Waals surface area contributed by atoms with Crippen LogP contribution in [0, 0.1) is 11.7 Å². The van der Waals surface area contributed by atoms with Gasteiger partial charge in [0.2, 0.25) is 0 Å². The molecule has 1 unspecified atom stereocenters. The normalized spacial score (nSPS) is 18.6. The first kappa shape index (κ1) is 13.8. The van der Waals surface area contributed by atoms with Crippen LogP contribution in [0.4, 0.5) is 4.39 Å².